The van der Waals surface area contributed by atoms with Crippen molar-refractivity contribution in [1.29, 1.82) is 0 Å². The topological polar surface area (TPSA) is 51.0 Å². The van der Waals surface area contributed by atoms with Crippen molar-refractivity contribution in [2.75, 3.05) is 6.54 Å². The van der Waals surface area contributed by atoms with Crippen LogP contribution in [0.15, 0.2) is 52.9 Å². The number of hydrogen-bond acceptors (Lipinski definition) is 4. The Bertz CT molecular complexity index is 756. The minimum atomic E-state index is -0.220. The van der Waals surface area contributed by atoms with E-state index in [9.17, 15) is 4.39 Å². The summed E-state index contributed by atoms with van der Waals surface area (Å²) in [5, 5.41) is 11.9. The maximum absolute atomic E-state index is 12.8. The van der Waals surface area contributed by atoms with Crippen LogP contribution in [0.4, 0.5) is 4.39 Å². The third kappa shape index (κ3) is 4.37. The van der Waals surface area contributed by atoms with Crippen molar-refractivity contribution in [3.05, 3.63) is 70.8 Å². The van der Waals surface area contributed by atoms with Gasteiger partial charge in [0, 0.05) is 10.6 Å². The molecular formula is C17H15ClFN3O. The fourth-order valence-corrected chi connectivity index (χ4v) is 2.24. The largest absolute Gasteiger partial charge is 0.419 e. The molecule has 0 aliphatic carbocycles. The molecule has 1 aromatic heterocycles. The minimum absolute atomic E-state index is 0.220. The number of aromatic nitrogens is 2. The van der Waals surface area contributed by atoms with Gasteiger partial charge in [-0.3, -0.25) is 0 Å². The van der Waals surface area contributed by atoms with Crippen molar-refractivity contribution >= 4 is 11.6 Å². The van der Waals surface area contributed by atoms with Gasteiger partial charge in [0.05, 0.1) is 6.54 Å². The predicted molar refractivity (Wildman–Crippen MR) is 86.6 cm³/mol. The standard InChI is InChI=1S/C17H15ClFN3O/c18-14-5-3-13(4-6-14)17-22-21-16(23-17)11-20-10-9-12-1-7-15(19)8-2-12/h1-8,20H,9-11H2. The van der Waals surface area contributed by atoms with E-state index in [2.05, 4.69) is 15.5 Å². The van der Waals surface area contributed by atoms with Crippen LogP contribution in [0.1, 0.15) is 11.5 Å². The highest BCUT2D eigenvalue weighted by Gasteiger charge is 2.08. The van der Waals surface area contributed by atoms with Crippen molar-refractivity contribution in [3.63, 3.8) is 0 Å². The van der Waals surface area contributed by atoms with Crippen LogP contribution >= 0.6 is 11.6 Å². The Morgan fingerprint density at radius 3 is 2.48 bits per heavy atom. The first kappa shape index (κ1) is 15.6. The Kier molecular flexibility index (Phi) is 5.00. The van der Waals surface area contributed by atoms with Gasteiger partial charge in [-0.15, -0.1) is 10.2 Å². The lowest BCUT2D eigenvalue weighted by Crippen LogP contribution is -2.16. The summed E-state index contributed by atoms with van der Waals surface area (Å²) in [5.41, 5.74) is 1.91. The van der Waals surface area contributed by atoms with Gasteiger partial charge in [0.1, 0.15) is 5.82 Å². The highest BCUT2D eigenvalue weighted by atomic mass is 35.5. The SMILES string of the molecule is Fc1ccc(CCNCc2nnc(-c3ccc(Cl)cc3)o2)cc1. The molecule has 0 atom stereocenters. The molecular weight excluding hydrogens is 317 g/mol. The smallest absolute Gasteiger partial charge is 0.247 e. The Labute approximate surface area is 138 Å². The molecule has 0 fully saturated rings. The number of nitrogens with one attached hydrogen (secondary N) is 1. The molecule has 3 rings (SSSR count). The van der Waals surface area contributed by atoms with Gasteiger partial charge in [-0.05, 0) is 54.9 Å². The van der Waals surface area contributed by atoms with Gasteiger partial charge in [0.15, 0.2) is 0 Å². The molecule has 0 unspecified atom stereocenters. The zero-order valence-electron chi connectivity index (χ0n) is 12.3. The monoisotopic (exact) mass is 331 g/mol. The van der Waals surface area contributed by atoms with Crippen LogP contribution in [-0.2, 0) is 13.0 Å². The molecule has 0 radical (unpaired) electrons. The third-order valence-corrected chi connectivity index (χ3v) is 3.59. The molecule has 4 nitrogen and oxygen atoms in total. The van der Waals surface area contributed by atoms with Crippen molar-refractivity contribution in [3.8, 4) is 11.5 Å². The summed E-state index contributed by atoms with van der Waals surface area (Å²) in [4.78, 5) is 0. The van der Waals surface area contributed by atoms with Crippen LogP contribution in [0.25, 0.3) is 11.5 Å². The maximum atomic E-state index is 12.8. The van der Waals surface area contributed by atoms with Gasteiger partial charge in [-0.1, -0.05) is 23.7 Å². The number of hydrogen-bond donors (Lipinski definition) is 1. The van der Waals surface area contributed by atoms with E-state index in [0.29, 0.717) is 23.3 Å². The van der Waals surface area contributed by atoms with Crippen molar-refractivity contribution < 1.29 is 8.81 Å². The second kappa shape index (κ2) is 7.35. The van der Waals surface area contributed by atoms with Crippen LogP contribution in [0.3, 0.4) is 0 Å². The van der Waals surface area contributed by atoms with Gasteiger partial charge in [-0.25, -0.2) is 4.39 Å². The minimum Gasteiger partial charge on any atom is -0.419 e. The second-order valence-electron chi connectivity index (χ2n) is 5.06. The average molecular weight is 332 g/mol. The Balaban J connectivity index is 1.49. The highest BCUT2D eigenvalue weighted by molar-refractivity contribution is 6.30. The Morgan fingerprint density at radius 2 is 1.74 bits per heavy atom. The lowest BCUT2D eigenvalue weighted by Gasteiger charge is -2.02. The van der Waals surface area contributed by atoms with Crippen molar-refractivity contribution in [2.24, 2.45) is 0 Å². The molecule has 1 heterocycles. The van der Waals surface area contributed by atoms with Crippen molar-refractivity contribution in [2.45, 2.75) is 13.0 Å². The molecule has 0 spiro atoms. The lowest BCUT2D eigenvalue weighted by atomic mass is 10.1. The van der Waals surface area contributed by atoms with Crippen LogP contribution in [0.2, 0.25) is 5.02 Å². The Morgan fingerprint density at radius 1 is 1.00 bits per heavy atom. The fraction of sp³-hybridized carbons (Fsp3) is 0.176. The van der Waals surface area contributed by atoms with E-state index >= 15 is 0 Å². The molecule has 0 amide bonds. The molecule has 0 saturated carbocycles. The zero-order chi connectivity index (χ0) is 16.1. The zero-order valence-corrected chi connectivity index (χ0v) is 13.1. The summed E-state index contributed by atoms with van der Waals surface area (Å²) < 4.78 is 18.4. The van der Waals surface area contributed by atoms with Crippen LogP contribution < -0.4 is 5.32 Å². The number of benzene rings is 2. The van der Waals surface area contributed by atoms with Gasteiger partial charge >= 0.3 is 0 Å². The van der Waals surface area contributed by atoms with Gasteiger partial charge < -0.3 is 9.73 Å². The Hall–Kier alpha value is -2.24. The maximum Gasteiger partial charge on any atom is 0.247 e. The van der Waals surface area contributed by atoms with Gasteiger partial charge in [0.25, 0.3) is 0 Å². The van der Waals surface area contributed by atoms with E-state index in [0.717, 1.165) is 24.1 Å². The molecule has 6 heteroatoms. The number of nitrogens with zero attached hydrogens (tertiary/aromatic N) is 2. The predicted octanol–water partition coefficient (Wildman–Crippen LogP) is 3.86. The summed E-state index contributed by atoms with van der Waals surface area (Å²) in [6, 6.07) is 13.7. The van der Waals surface area contributed by atoms with Gasteiger partial charge in [-0.2, -0.15) is 0 Å². The van der Waals surface area contributed by atoms with E-state index in [1.807, 2.05) is 12.1 Å². The average Bonchev–Trinajstić information content (AvgIpc) is 3.03. The van der Waals surface area contributed by atoms with Crippen LogP contribution in [0.5, 0.6) is 0 Å². The van der Waals surface area contributed by atoms with E-state index in [-0.39, 0.29) is 5.82 Å². The molecule has 0 aliphatic heterocycles. The van der Waals surface area contributed by atoms with Gasteiger partial charge in [0.2, 0.25) is 11.8 Å². The molecule has 1 N–H and O–H groups in total. The summed E-state index contributed by atoms with van der Waals surface area (Å²) in [5.74, 6) is 0.772. The quantitative estimate of drug-likeness (QED) is 0.697. The first-order chi connectivity index (χ1) is 11.2. The first-order valence-electron chi connectivity index (χ1n) is 7.24. The normalized spacial score (nSPS) is 10.9. The molecule has 0 bridgehead atoms. The molecule has 0 saturated heterocycles. The summed E-state index contributed by atoms with van der Waals surface area (Å²) >= 11 is 5.85. The third-order valence-electron chi connectivity index (χ3n) is 3.34. The molecule has 3 aromatic rings. The second-order valence-corrected chi connectivity index (χ2v) is 5.50. The summed E-state index contributed by atoms with van der Waals surface area (Å²) in [7, 11) is 0. The van der Waals surface area contributed by atoms with E-state index in [1.165, 1.54) is 12.1 Å². The fourth-order valence-electron chi connectivity index (χ4n) is 2.11. The van der Waals surface area contributed by atoms with Crippen molar-refractivity contribution in [1.82, 2.24) is 15.5 Å². The number of rotatable bonds is 6. The molecule has 2 aromatic carbocycles. The van der Waals surface area contributed by atoms with E-state index in [4.69, 9.17) is 16.0 Å². The van der Waals surface area contributed by atoms with Crippen LogP contribution in [-0.4, -0.2) is 16.7 Å². The van der Waals surface area contributed by atoms with E-state index in [1.54, 1.807) is 24.3 Å². The molecule has 23 heavy (non-hydrogen) atoms. The highest BCUT2D eigenvalue weighted by Crippen LogP contribution is 2.20. The van der Waals surface area contributed by atoms with E-state index < -0.39 is 0 Å². The lowest BCUT2D eigenvalue weighted by molar-refractivity contribution is 0.478. The first-order valence-corrected chi connectivity index (χ1v) is 7.62. The molecule has 118 valence electrons. The summed E-state index contributed by atoms with van der Waals surface area (Å²) in [6.45, 7) is 1.23. The number of halogens is 2. The molecule has 0 aliphatic rings. The summed E-state index contributed by atoms with van der Waals surface area (Å²) in [6.07, 6.45) is 0.804. The van der Waals surface area contributed by atoms with Crippen LogP contribution in [0, 0.1) is 5.82 Å².